The average Bonchev–Trinajstić information content (AvgIpc) is 3.16. The van der Waals surface area contributed by atoms with Crippen molar-refractivity contribution in [3.8, 4) is 11.5 Å². The third kappa shape index (κ3) is 4.86. The smallest absolute Gasteiger partial charge is 0.258 e. The fourth-order valence-electron chi connectivity index (χ4n) is 2.71. The number of halogens is 2. The number of benzene rings is 2. The number of hydrogen-bond acceptors (Lipinski definition) is 6. The number of carbonyl (C=O) groups excluding carboxylic acids is 1. The molecule has 142 valence electrons. The Bertz CT molecular complexity index is 858. The zero-order valence-electron chi connectivity index (χ0n) is 14.4. The molecular formula is C18H18Br2N4O3. The summed E-state index contributed by atoms with van der Waals surface area (Å²) in [6, 6.07) is 10.7. The quantitative estimate of drug-likeness (QED) is 0.376. The predicted molar refractivity (Wildman–Crippen MR) is 110 cm³/mol. The normalized spacial score (nSPS) is 19.4. The van der Waals surface area contributed by atoms with Gasteiger partial charge in [-0.25, -0.2) is 16.3 Å². The van der Waals surface area contributed by atoms with E-state index in [1.54, 1.807) is 19.2 Å². The number of rotatable bonds is 5. The van der Waals surface area contributed by atoms with E-state index >= 15 is 0 Å². The molecule has 7 nitrogen and oxygen atoms in total. The van der Waals surface area contributed by atoms with E-state index in [4.69, 9.17) is 4.74 Å². The van der Waals surface area contributed by atoms with Gasteiger partial charge < -0.3 is 9.84 Å². The Labute approximate surface area is 173 Å². The summed E-state index contributed by atoms with van der Waals surface area (Å²) in [5, 5.41) is 13.9. The van der Waals surface area contributed by atoms with Crippen LogP contribution in [-0.2, 0) is 4.79 Å². The zero-order chi connectivity index (χ0) is 19.4. The fourth-order valence-corrected chi connectivity index (χ4v) is 3.97. The van der Waals surface area contributed by atoms with Crippen LogP contribution in [0.2, 0.25) is 0 Å². The van der Waals surface area contributed by atoms with Crippen LogP contribution in [0.3, 0.4) is 0 Å². The second-order valence-electron chi connectivity index (χ2n) is 5.96. The van der Waals surface area contributed by atoms with Gasteiger partial charge in [-0.1, -0.05) is 28.1 Å². The highest BCUT2D eigenvalue weighted by atomic mass is 79.9. The first-order valence-corrected chi connectivity index (χ1v) is 9.72. The van der Waals surface area contributed by atoms with Crippen molar-refractivity contribution in [1.82, 2.24) is 16.3 Å². The maximum Gasteiger partial charge on any atom is 0.258 e. The standard InChI is InChI=1S/C18H18Br2N4O3/c1-27-13-4-2-10(3-5-13)15-8-16(23-22-15)18(26)24-21-9-11-6-12(19)7-14(20)17(11)25/h2-7,9,15-16,22-23,25H,8H2,1H3,(H,24,26)/b21-9+. The summed E-state index contributed by atoms with van der Waals surface area (Å²) < 4.78 is 6.47. The Balaban J connectivity index is 1.57. The van der Waals surface area contributed by atoms with Crippen LogP contribution in [0, 0.1) is 0 Å². The third-order valence-electron chi connectivity index (χ3n) is 4.17. The number of methoxy groups -OCH3 is 1. The van der Waals surface area contributed by atoms with Crippen LogP contribution in [0.1, 0.15) is 23.6 Å². The molecule has 0 aliphatic carbocycles. The highest BCUT2D eigenvalue weighted by Gasteiger charge is 2.30. The summed E-state index contributed by atoms with van der Waals surface area (Å²) in [5.74, 6) is 0.579. The molecule has 0 bridgehead atoms. The minimum atomic E-state index is -0.419. The van der Waals surface area contributed by atoms with Crippen LogP contribution in [-0.4, -0.2) is 30.4 Å². The Kier molecular flexibility index (Phi) is 6.48. The maximum atomic E-state index is 12.3. The summed E-state index contributed by atoms with van der Waals surface area (Å²) in [6.45, 7) is 0. The summed E-state index contributed by atoms with van der Waals surface area (Å²) in [4.78, 5) is 12.3. The SMILES string of the molecule is COc1ccc(C2CC(C(=O)N/N=C/c3cc(Br)cc(Br)c3O)NN2)cc1. The van der Waals surface area contributed by atoms with Gasteiger partial charge in [0.1, 0.15) is 17.5 Å². The molecular weight excluding hydrogens is 480 g/mol. The molecule has 0 spiro atoms. The van der Waals surface area contributed by atoms with Gasteiger partial charge in [-0.3, -0.25) is 4.79 Å². The molecule has 1 aliphatic heterocycles. The Hall–Kier alpha value is -1.94. The second kappa shape index (κ2) is 8.83. The lowest BCUT2D eigenvalue weighted by Crippen LogP contribution is -2.41. The number of phenolic OH excluding ortho intramolecular Hbond substituents is 1. The summed E-state index contributed by atoms with van der Waals surface area (Å²) in [7, 11) is 1.62. The van der Waals surface area contributed by atoms with Gasteiger partial charge in [0.25, 0.3) is 5.91 Å². The Morgan fingerprint density at radius 2 is 2.04 bits per heavy atom. The number of nitrogens with one attached hydrogen (secondary N) is 3. The van der Waals surface area contributed by atoms with Gasteiger partial charge in [0, 0.05) is 16.1 Å². The largest absolute Gasteiger partial charge is 0.506 e. The highest BCUT2D eigenvalue weighted by molar-refractivity contribution is 9.11. The zero-order valence-corrected chi connectivity index (χ0v) is 17.5. The molecule has 0 radical (unpaired) electrons. The fraction of sp³-hybridized carbons (Fsp3) is 0.222. The van der Waals surface area contributed by atoms with Gasteiger partial charge in [-0.15, -0.1) is 0 Å². The first-order valence-electron chi connectivity index (χ1n) is 8.14. The number of hydrogen-bond donors (Lipinski definition) is 4. The van der Waals surface area contributed by atoms with E-state index in [2.05, 4.69) is 53.2 Å². The monoisotopic (exact) mass is 496 g/mol. The molecule has 2 atom stereocenters. The van der Waals surface area contributed by atoms with Crippen molar-refractivity contribution in [3.63, 3.8) is 0 Å². The number of carbonyl (C=O) groups is 1. The van der Waals surface area contributed by atoms with Crippen molar-refractivity contribution in [2.24, 2.45) is 5.10 Å². The van der Waals surface area contributed by atoms with Crippen molar-refractivity contribution in [1.29, 1.82) is 0 Å². The van der Waals surface area contributed by atoms with Crippen LogP contribution in [0.15, 0.2) is 50.4 Å². The minimum Gasteiger partial charge on any atom is -0.506 e. The molecule has 2 unspecified atom stereocenters. The van der Waals surface area contributed by atoms with Crippen LogP contribution in [0.25, 0.3) is 0 Å². The van der Waals surface area contributed by atoms with Crippen LogP contribution >= 0.6 is 31.9 Å². The van der Waals surface area contributed by atoms with E-state index in [1.165, 1.54) is 6.21 Å². The molecule has 9 heteroatoms. The number of aromatic hydroxyl groups is 1. The van der Waals surface area contributed by atoms with Crippen molar-refractivity contribution < 1.29 is 14.6 Å². The molecule has 1 aliphatic rings. The molecule has 3 rings (SSSR count). The van der Waals surface area contributed by atoms with Crippen LogP contribution in [0.5, 0.6) is 11.5 Å². The number of phenols is 1. The lowest BCUT2D eigenvalue weighted by molar-refractivity contribution is -0.122. The van der Waals surface area contributed by atoms with Gasteiger partial charge in [0.15, 0.2) is 0 Å². The molecule has 1 amide bonds. The number of hydrazine groups is 1. The molecule has 1 fully saturated rings. The first kappa shape index (κ1) is 19.8. The van der Waals surface area contributed by atoms with Gasteiger partial charge in [-0.2, -0.15) is 5.10 Å². The lowest BCUT2D eigenvalue weighted by atomic mass is 10.0. The van der Waals surface area contributed by atoms with Crippen molar-refractivity contribution >= 4 is 44.0 Å². The van der Waals surface area contributed by atoms with Gasteiger partial charge >= 0.3 is 0 Å². The second-order valence-corrected chi connectivity index (χ2v) is 7.73. The van der Waals surface area contributed by atoms with Gasteiger partial charge in [0.2, 0.25) is 0 Å². The Morgan fingerprint density at radius 3 is 2.74 bits per heavy atom. The molecule has 1 saturated heterocycles. The van der Waals surface area contributed by atoms with Crippen molar-refractivity contribution in [2.75, 3.05) is 7.11 Å². The number of amides is 1. The van der Waals surface area contributed by atoms with Crippen LogP contribution in [0.4, 0.5) is 0 Å². The summed E-state index contributed by atoms with van der Waals surface area (Å²) in [5.41, 5.74) is 10.1. The molecule has 2 aromatic carbocycles. The van der Waals surface area contributed by atoms with E-state index in [1.807, 2.05) is 24.3 Å². The average molecular weight is 498 g/mol. The lowest BCUT2D eigenvalue weighted by Gasteiger charge is -2.10. The molecule has 2 aromatic rings. The minimum absolute atomic E-state index is 0.0146. The van der Waals surface area contributed by atoms with Crippen molar-refractivity contribution in [2.45, 2.75) is 18.5 Å². The van der Waals surface area contributed by atoms with E-state index in [0.29, 0.717) is 16.5 Å². The molecule has 0 aromatic heterocycles. The van der Waals surface area contributed by atoms with Gasteiger partial charge in [0.05, 0.1) is 17.8 Å². The first-order chi connectivity index (χ1) is 13.0. The van der Waals surface area contributed by atoms with Crippen molar-refractivity contribution in [3.05, 3.63) is 56.5 Å². The number of ether oxygens (including phenoxy) is 1. The highest BCUT2D eigenvalue weighted by Crippen LogP contribution is 2.30. The van der Waals surface area contributed by atoms with E-state index in [-0.39, 0.29) is 17.7 Å². The molecule has 27 heavy (non-hydrogen) atoms. The van der Waals surface area contributed by atoms with E-state index in [9.17, 15) is 9.90 Å². The molecule has 4 N–H and O–H groups in total. The van der Waals surface area contributed by atoms with E-state index < -0.39 is 6.04 Å². The molecule has 0 saturated carbocycles. The summed E-state index contributed by atoms with van der Waals surface area (Å²) >= 11 is 6.60. The van der Waals surface area contributed by atoms with E-state index in [0.717, 1.165) is 15.8 Å². The van der Waals surface area contributed by atoms with Gasteiger partial charge in [-0.05, 0) is 52.2 Å². The Morgan fingerprint density at radius 1 is 1.30 bits per heavy atom. The topological polar surface area (TPSA) is 95.0 Å². The number of hydrazone groups is 1. The third-order valence-corrected chi connectivity index (χ3v) is 5.24. The van der Waals surface area contributed by atoms with Crippen LogP contribution < -0.4 is 21.0 Å². The number of nitrogens with zero attached hydrogens (tertiary/aromatic N) is 1. The molecule has 1 heterocycles. The summed E-state index contributed by atoms with van der Waals surface area (Å²) in [6.07, 6.45) is 1.98. The predicted octanol–water partition coefficient (Wildman–Crippen LogP) is 2.98. The maximum absolute atomic E-state index is 12.3.